The van der Waals surface area contributed by atoms with Crippen LogP contribution in [0.4, 0.5) is 0 Å². The molecule has 0 saturated heterocycles. The van der Waals surface area contributed by atoms with Crippen molar-refractivity contribution in [3.63, 3.8) is 0 Å². The zero-order chi connectivity index (χ0) is 15.6. The zero-order valence-corrected chi connectivity index (χ0v) is 14.8. The minimum Gasteiger partial charge on any atom is -0.330 e. The molecule has 21 heavy (non-hydrogen) atoms. The fraction of sp³-hybridized carbons (Fsp3) is 0.667. The first-order valence-corrected chi connectivity index (χ1v) is 8.74. The summed E-state index contributed by atoms with van der Waals surface area (Å²) in [6, 6.07) is 5.75. The van der Waals surface area contributed by atoms with Gasteiger partial charge in [0, 0.05) is 16.0 Å². The van der Waals surface area contributed by atoms with Crippen LogP contribution < -0.4 is 5.73 Å². The molecule has 0 radical (unpaired) electrons. The molecule has 1 saturated carbocycles. The molecule has 1 nitrogen and oxygen atoms in total. The molecule has 0 spiro atoms. The highest BCUT2D eigenvalue weighted by Gasteiger charge is 2.34. The summed E-state index contributed by atoms with van der Waals surface area (Å²) in [6.07, 6.45) is 5.02. The molecule has 1 aliphatic rings. The van der Waals surface area contributed by atoms with Crippen molar-refractivity contribution in [1.29, 1.82) is 0 Å². The second-order valence-electron chi connectivity index (χ2n) is 7.46. The maximum atomic E-state index is 6.38. The molecular formula is C18H27Cl2N. The van der Waals surface area contributed by atoms with Crippen molar-refractivity contribution >= 4 is 23.2 Å². The lowest BCUT2D eigenvalue weighted by Crippen LogP contribution is -2.30. The lowest BCUT2D eigenvalue weighted by molar-refractivity contribution is 0.140. The molecule has 1 fully saturated rings. The van der Waals surface area contributed by atoms with Crippen LogP contribution in [-0.2, 0) is 0 Å². The average Bonchev–Trinajstić information content (AvgIpc) is 2.42. The third kappa shape index (κ3) is 3.94. The first-order valence-electron chi connectivity index (χ1n) is 7.98. The molecule has 0 bridgehead atoms. The van der Waals surface area contributed by atoms with Crippen LogP contribution in [0.25, 0.3) is 0 Å². The number of halogens is 2. The van der Waals surface area contributed by atoms with Crippen molar-refractivity contribution in [2.45, 2.75) is 52.4 Å². The van der Waals surface area contributed by atoms with Crippen molar-refractivity contribution in [3.05, 3.63) is 33.8 Å². The van der Waals surface area contributed by atoms with Crippen molar-refractivity contribution in [2.24, 2.45) is 23.0 Å². The van der Waals surface area contributed by atoms with E-state index in [4.69, 9.17) is 28.9 Å². The van der Waals surface area contributed by atoms with Crippen LogP contribution in [-0.4, -0.2) is 6.54 Å². The highest BCUT2D eigenvalue weighted by Crippen LogP contribution is 2.46. The second kappa shape index (κ2) is 6.89. The molecule has 1 aliphatic carbocycles. The largest absolute Gasteiger partial charge is 0.330 e. The fourth-order valence-electron chi connectivity index (χ4n) is 3.80. The average molecular weight is 328 g/mol. The van der Waals surface area contributed by atoms with Gasteiger partial charge in [-0.1, -0.05) is 50.0 Å². The van der Waals surface area contributed by atoms with Gasteiger partial charge in [-0.15, -0.1) is 0 Å². The number of rotatable bonds is 3. The monoisotopic (exact) mass is 327 g/mol. The summed E-state index contributed by atoms with van der Waals surface area (Å²) < 4.78 is 0. The minimum atomic E-state index is 0.284. The van der Waals surface area contributed by atoms with Crippen molar-refractivity contribution in [1.82, 2.24) is 0 Å². The minimum absolute atomic E-state index is 0.284. The Hall–Kier alpha value is -0.240. The predicted octanol–water partition coefficient (Wildman–Crippen LogP) is 5.89. The predicted molar refractivity (Wildman–Crippen MR) is 93.2 cm³/mol. The highest BCUT2D eigenvalue weighted by molar-refractivity contribution is 6.36. The van der Waals surface area contributed by atoms with E-state index >= 15 is 0 Å². The summed E-state index contributed by atoms with van der Waals surface area (Å²) in [5.74, 6) is 1.70. The van der Waals surface area contributed by atoms with E-state index in [1.54, 1.807) is 0 Å². The molecule has 1 aromatic rings. The van der Waals surface area contributed by atoms with Gasteiger partial charge >= 0.3 is 0 Å². The molecule has 0 heterocycles. The number of benzene rings is 1. The Kier molecular flexibility index (Phi) is 5.62. The van der Waals surface area contributed by atoms with E-state index in [1.165, 1.54) is 25.7 Å². The van der Waals surface area contributed by atoms with Crippen LogP contribution in [0.15, 0.2) is 18.2 Å². The summed E-state index contributed by atoms with van der Waals surface area (Å²) in [7, 11) is 0. The van der Waals surface area contributed by atoms with Gasteiger partial charge in [0.15, 0.2) is 0 Å². The van der Waals surface area contributed by atoms with Gasteiger partial charge in [0.1, 0.15) is 0 Å². The summed E-state index contributed by atoms with van der Waals surface area (Å²) in [5, 5.41) is 1.52. The van der Waals surface area contributed by atoms with E-state index in [2.05, 4.69) is 20.8 Å². The van der Waals surface area contributed by atoms with E-state index < -0.39 is 0 Å². The standard InChI is InChI=1S/C18H27Cl2N/c1-18(2,3)13-9-7-12(8-10-13)14(11-21)17-15(19)5-4-6-16(17)20/h4-6,12-14H,7-11,21H2,1-3H3. The van der Waals surface area contributed by atoms with Gasteiger partial charge in [-0.2, -0.15) is 0 Å². The van der Waals surface area contributed by atoms with Gasteiger partial charge in [0.2, 0.25) is 0 Å². The number of hydrogen-bond acceptors (Lipinski definition) is 1. The molecule has 1 atom stereocenters. The molecule has 1 aromatic carbocycles. The van der Waals surface area contributed by atoms with E-state index in [-0.39, 0.29) is 5.92 Å². The van der Waals surface area contributed by atoms with Crippen molar-refractivity contribution < 1.29 is 0 Å². The number of hydrogen-bond donors (Lipinski definition) is 1. The second-order valence-corrected chi connectivity index (χ2v) is 8.27. The Morgan fingerprint density at radius 2 is 1.62 bits per heavy atom. The zero-order valence-electron chi connectivity index (χ0n) is 13.3. The summed E-state index contributed by atoms with van der Waals surface area (Å²) in [5.41, 5.74) is 7.54. The Morgan fingerprint density at radius 1 is 1.10 bits per heavy atom. The Morgan fingerprint density at radius 3 is 2.05 bits per heavy atom. The first-order chi connectivity index (χ1) is 9.84. The van der Waals surface area contributed by atoms with Gasteiger partial charge in [0.05, 0.1) is 0 Å². The topological polar surface area (TPSA) is 26.0 Å². The van der Waals surface area contributed by atoms with E-state index in [9.17, 15) is 0 Å². The van der Waals surface area contributed by atoms with Crippen LogP contribution in [0.5, 0.6) is 0 Å². The summed E-state index contributed by atoms with van der Waals surface area (Å²) in [6.45, 7) is 7.67. The van der Waals surface area contributed by atoms with Crippen LogP contribution in [0.3, 0.4) is 0 Å². The molecule has 2 rings (SSSR count). The first kappa shape index (κ1) is 17.1. The molecule has 0 amide bonds. The van der Waals surface area contributed by atoms with Crippen LogP contribution >= 0.6 is 23.2 Å². The third-order valence-electron chi connectivity index (χ3n) is 5.19. The summed E-state index contributed by atoms with van der Waals surface area (Å²) in [4.78, 5) is 0. The van der Waals surface area contributed by atoms with Crippen LogP contribution in [0.2, 0.25) is 10.0 Å². The van der Waals surface area contributed by atoms with Crippen LogP contribution in [0.1, 0.15) is 57.9 Å². The molecule has 3 heteroatoms. The van der Waals surface area contributed by atoms with Crippen molar-refractivity contribution in [3.8, 4) is 0 Å². The SMILES string of the molecule is CC(C)(C)C1CCC(C(CN)c2c(Cl)cccc2Cl)CC1. The molecule has 1 unspecified atom stereocenters. The van der Waals surface area contributed by atoms with Gasteiger partial charge in [-0.05, 0) is 67.2 Å². The fourth-order valence-corrected chi connectivity index (χ4v) is 4.48. The van der Waals surface area contributed by atoms with Gasteiger partial charge in [-0.25, -0.2) is 0 Å². The molecule has 0 aromatic heterocycles. The molecular weight excluding hydrogens is 301 g/mol. The lowest BCUT2D eigenvalue weighted by Gasteiger charge is -2.39. The van der Waals surface area contributed by atoms with Gasteiger partial charge < -0.3 is 5.73 Å². The highest BCUT2D eigenvalue weighted by atomic mass is 35.5. The Bertz CT molecular complexity index is 450. The van der Waals surface area contributed by atoms with E-state index in [0.717, 1.165) is 21.5 Å². The Balaban J connectivity index is 2.14. The maximum Gasteiger partial charge on any atom is 0.0456 e. The maximum absolute atomic E-state index is 6.38. The lowest BCUT2D eigenvalue weighted by atomic mass is 9.66. The van der Waals surface area contributed by atoms with Gasteiger partial charge in [0.25, 0.3) is 0 Å². The van der Waals surface area contributed by atoms with Crippen molar-refractivity contribution in [2.75, 3.05) is 6.54 Å². The van der Waals surface area contributed by atoms with E-state index in [1.807, 2.05) is 18.2 Å². The summed E-state index contributed by atoms with van der Waals surface area (Å²) >= 11 is 12.8. The quantitative estimate of drug-likeness (QED) is 0.736. The third-order valence-corrected chi connectivity index (χ3v) is 5.85. The molecule has 118 valence electrons. The number of nitrogens with two attached hydrogens (primary N) is 1. The molecule has 2 N–H and O–H groups in total. The van der Waals surface area contributed by atoms with Gasteiger partial charge in [-0.3, -0.25) is 0 Å². The normalized spacial score (nSPS) is 24.9. The van der Waals surface area contributed by atoms with E-state index in [0.29, 0.717) is 17.9 Å². The van der Waals surface area contributed by atoms with Crippen LogP contribution in [0, 0.1) is 17.3 Å². The smallest absolute Gasteiger partial charge is 0.0456 e. The Labute approximate surface area is 139 Å². The molecule has 0 aliphatic heterocycles.